The molecule has 152 valence electrons. The molecule has 1 N–H and O–H groups in total. The zero-order valence-corrected chi connectivity index (χ0v) is 16.5. The molecule has 25 heavy (non-hydrogen) atoms. The molecule has 0 bridgehead atoms. The summed E-state index contributed by atoms with van der Waals surface area (Å²) in [6.07, 6.45) is 26.1. The van der Waals surface area contributed by atoms with Gasteiger partial charge in [0.1, 0.15) is 0 Å². The third-order valence-electron chi connectivity index (χ3n) is 4.99. The molecule has 0 fully saturated rings. The lowest BCUT2D eigenvalue weighted by molar-refractivity contribution is -0.137. The normalized spacial score (nSPS) is 10.6. The summed E-state index contributed by atoms with van der Waals surface area (Å²) in [5.74, 6) is -0.651. The zero-order valence-electron chi connectivity index (χ0n) is 16.5. The average Bonchev–Trinajstić information content (AvgIpc) is 2.56. The first-order valence-electron chi connectivity index (χ1n) is 11.0. The minimum absolute atomic E-state index is 0. The Morgan fingerprint density at radius 1 is 0.520 bits per heavy atom. The fourth-order valence-electron chi connectivity index (χ4n) is 3.35. The van der Waals surface area contributed by atoms with Crippen molar-refractivity contribution in [2.45, 2.75) is 143 Å². The van der Waals surface area contributed by atoms with Crippen LogP contribution in [0.3, 0.4) is 0 Å². The molecular formula is C23H48O2. The summed E-state index contributed by atoms with van der Waals surface area (Å²) in [7, 11) is 0. The van der Waals surface area contributed by atoms with Gasteiger partial charge in [0.05, 0.1) is 0 Å². The lowest BCUT2D eigenvalue weighted by Crippen LogP contribution is -1.93. The van der Waals surface area contributed by atoms with Crippen molar-refractivity contribution in [3.8, 4) is 0 Å². The topological polar surface area (TPSA) is 37.3 Å². The predicted octanol–water partition coefficient (Wildman–Crippen LogP) is 8.53. The van der Waals surface area contributed by atoms with E-state index in [9.17, 15) is 4.79 Å². The van der Waals surface area contributed by atoms with Gasteiger partial charge >= 0.3 is 5.97 Å². The number of hydrogen-bond acceptors (Lipinski definition) is 1. The Bertz CT molecular complexity index is 250. The van der Waals surface area contributed by atoms with Crippen LogP contribution in [0.5, 0.6) is 0 Å². The van der Waals surface area contributed by atoms with E-state index in [1.807, 2.05) is 0 Å². The first kappa shape index (κ1) is 26.7. The molecule has 0 saturated heterocycles. The van der Waals surface area contributed by atoms with E-state index in [-0.39, 0.29) is 7.43 Å². The molecule has 0 unspecified atom stereocenters. The Balaban J connectivity index is 0. The molecule has 0 aliphatic rings. The lowest BCUT2D eigenvalue weighted by Gasteiger charge is -2.03. The number of carboxylic acid groups (broad SMARTS) is 1. The molecule has 0 amide bonds. The second kappa shape index (κ2) is 23.5. The van der Waals surface area contributed by atoms with Crippen molar-refractivity contribution >= 4 is 5.97 Å². The van der Waals surface area contributed by atoms with E-state index < -0.39 is 5.97 Å². The highest BCUT2D eigenvalue weighted by atomic mass is 16.4. The van der Waals surface area contributed by atoms with Crippen molar-refractivity contribution in [2.24, 2.45) is 0 Å². The lowest BCUT2D eigenvalue weighted by atomic mass is 10.0. The summed E-state index contributed by atoms with van der Waals surface area (Å²) in [5.41, 5.74) is 0. The van der Waals surface area contributed by atoms with Crippen LogP contribution in [0.2, 0.25) is 0 Å². The van der Waals surface area contributed by atoms with Gasteiger partial charge in [-0.15, -0.1) is 0 Å². The molecule has 0 heterocycles. The number of aliphatic carboxylic acids is 1. The van der Waals surface area contributed by atoms with Gasteiger partial charge in [-0.05, 0) is 6.42 Å². The van der Waals surface area contributed by atoms with Gasteiger partial charge in [-0.2, -0.15) is 0 Å². The van der Waals surface area contributed by atoms with Crippen LogP contribution in [0.4, 0.5) is 0 Å². The fraction of sp³-hybridized carbons (Fsp3) is 0.957. The maximum absolute atomic E-state index is 10.4. The summed E-state index contributed by atoms with van der Waals surface area (Å²) in [6.45, 7) is 2.28. The van der Waals surface area contributed by atoms with Crippen LogP contribution in [0.15, 0.2) is 0 Å². The van der Waals surface area contributed by atoms with E-state index >= 15 is 0 Å². The van der Waals surface area contributed by atoms with E-state index in [2.05, 4.69) is 6.92 Å². The Kier molecular flexibility index (Phi) is 25.1. The van der Waals surface area contributed by atoms with Crippen molar-refractivity contribution in [3.05, 3.63) is 0 Å². The van der Waals surface area contributed by atoms with Gasteiger partial charge < -0.3 is 5.11 Å². The maximum atomic E-state index is 10.4. The van der Waals surface area contributed by atoms with Crippen LogP contribution in [-0.4, -0.2) is 11.1 Å². The standard InChI is InChI=1S/C22H44O2.CH4/c1-2-3-4-5-6-7-8-9-10-11-12-13-14-15-16-17-18-19-20-21-22(23)24;/h2-21H2,1H3,(H,23,24);1H4. The highest BCUT2D eigenvalue weighted by Crippen LogP contribution is 2.14. The summed E-state index contributed by atoms with van der Waals surface area (Å²) in [5, 5.41) is 8.56. The first-order chi connectivity index (χ1) is 11.8. The minimum Gasteiger partial charge on any atom is -0.481 e. The van der Waals surface area contributed by atoms with Crippen LogP contribution < -0.4 is 0 Å². The SMILES string of the molecule is C.CCCCCCCCCCCCCCCCCCCCCC(=O)O. The highest BCUT2D eigenvalue weighted by molar-refractivity contribution is 5.66. The molecule has 2 nitrogen and oxygen atoms in total. The molecule has 0 aromatic heterocycles. The Labute approximate surface area is 159 Å². The van der Waals surface area contributed by atoms with Crippen LogP contribution in [0.25, 0.3) is 0 Å². The Morgan fingerprint density at radius 2 is 0.760 bits per heavy atom. The summed E-state index contributed by atoms with van der Waals surface area (Å²) in [4.78, 5) is 10.4. The summed E-state index contributed by atoms with van der Waals surface area (Å²) >= 11 is 0. The van der Waals surface area contributed by atoms with Gasteiger partial charge in [0.25, 0.3) is 0 Å². The molecule has 0 atom stereocenters. The van der Waals surface area contributed by atoms with Gasteiger partial charge in [-0.3, -0.25) is 4.79 Å². The monoisotopic (exact) mass is 356 g/mol. The number of carbonyl (C=O) groups is 1. The Morgan fingerprint density at radius 3 is 1.00 bits per heavy atom. The molecule has 0 aromatic rings. The van der Waals surface area contributed by atoms with Crippen molar-refractivity contribution in [2.75, 3.05) is 0 Å². The van der Waals surface area contributed by atoms with Crippen molar-refractivity contribution < 1.29 is 9.90 Å². The second-order valence-corrected chi connectivity index (χ2v) is 7.51. The van der Waals surface area contributed by atoms with Crippen molar-refractivity contribution in [3.63, 3.8) is 0 Å². The predicted molar refractivity (Wildman–Crippen MR) is 112 cm³/mol. The fourth-order valence-corrected chi connectivity index (χ4v) is 3.35. The van der Waals surface area contributed by atoms with Crippen LogP contribution in [-0.2, 0) is 4.79 Å². The van der Waals surface area contributed by atoms with E-state index in [0.29, 0.717) is 6.42 Å². The molecule has 2 heteroatoms. The van der Waals surface area contributed by atoms with Gasteiger partial charge in [0.2, 0.25) is 0 Å². The van der Waals surface area contributed by atoms with E-state index in [1.165, 1.54) is 109 Å². The van der Waals surface area contributed by atoms with Gasteiger partial charge in [-0.1, -0.05) is 130 Å². The minimum atomic E-state index is -0.651. The van der Waals surface area contributed by atoms with Crippen molar-refractivity contribution in [1.82, 2.24) is 0 Å². The molecule has 0 aliphatic heterocycles. The molecule has 0 aliphatic carbocycles. The van der Waals surface area contributed by atoms with E-state index in [1.54, 1.807) is 0 Å². The smallest absolute Gasteiger partial charge is 0.303 e. The number of carboxylic acids is 1. The third-order valence-corrected chi connectivity index (χ3v) is 4.99. The van der Waals surface area contributed by atoms with Crippen LogP contribution in [0, 0.1) is 0 Å². The van der Waals surface area contributed by atoms with Gasteiger partial charge in [-0.25, -0.2) is 0 Å². The molecule has 0 saturated carbocycles. The van der Waals surface area contributed by atoms with Gasteiger partial charge in [0, 0.05) is 6.42 Å². The number of rotatable bonds is 20. The first-order valence-corrected chi connectivity index (χ1v) is 11.0. The number of hydrogen-bond donors (Lipinski definition) is 1. The van der Waals surface area contributed by atoms with Crippen LogP contribution in [0.1, 0.15) is 143 Å². The summed E-state index contributed by atoms with van der Waals surface area (Å²) < 4.78 is 0. The van der Waals surface area contributed by atoms with Crippen LogP contribution >= 0.6 is 0 Å². The molecule has 0 rings (SSSR count). The molecule has 0 aromatic carbocycles. The highest BCUT2D eigenvalue weighted by Gasteiger charge is 1.97. The third kappa shape index (κ3) is 25.8. The quantitative estimate of drug-likeness (QED) is 0.222. The van der Waals surface area contributed by atoms with E-state index in [4.69, 9.17) is 5.11 Å². The second-order valence-electron chi connectivity index (χ2n) is 7.51. The maximum Gasteiger partial charge on any atom is 0.303 e. The number of unbranched alkanes of at least 4 members (excludes halogenated alkanes) is 18. The molecule has 0 spiro atoms. The van der Waals surface area contributed by atoms with Gasteiger partial charge in [0.15, 0.2) is 0 Å². The largest absolute Gasteiger partial charge is 0.481 e. The molecular weight excluding hydrogens is 308 g/mol. The van der Waals surface area contributed by atoms with E-state index in [0.717, 1.165) is 12.8 Å². The zero-order chi connectivity index (χ0) is 17.7. The Hall–Kier alpha value is -0.530. The average molecular weight is 357 g/mol. The van der Waals surface area contributed by atoms with Crippen molar-refractivity contribution in [1.29, 1.82) is 0 Å². The summed E-state index contributed by atoms with van der Waals surface area (Å²) in [6, 6.07) is 0. The molecule has 0 radical (unpaired) electrons.